The van der Waals surface area contributed by atoms with Crippen molar-refractivity contribution < 1.29 is 9.59 Å². The molecule has 0 radical (unpaired) electrons. The molecule has 0 spiro atoms. The maximum Gasteiger partial charge on any atom is 0.242 e. The first kappa shape index (κ1) is 27.0. The first-order valence-corrected chi connectivity index (χ1v) is 13.4. The number of hydrogen-bond donors (Lipinski definition) is 1. The second-order valence-corrected chi connectivity index (χ2v) is 10.1. The van der Waals surface area contributed by atoms with Crippen molar-refractivity contribution >= 4 is 62.7 Å². The Hall–Kier alpha value is -1.21. The van der Waals surface area contributed by atoms with Gasteiger partial charge in [0.2, 0.25) is 11.8 Å². The number of nitrogens with one attached hydrogen (secondary N) is 1. The van der Waals surface area contributed by atoms with E-state index < -0.39 is 6.04 Å². The maximum atomic E-state index is 13.3. The van der Waals surface area contributed by atoms with Crippen LogP contribution < -0.4 is 5.32 Å². The van der Waals surface area contributed by atoms with Crippen molar-refractivity contribution in [3.05, 3.63) is 68.1 Å². The molecule has 0 aliphatic carbocycles. The quantitative estimate of drug-likeness (QED) is 0.294. The fourth-order valence-corrected chi connectivity index (χ4v) is 4.85. The summed E-state index contributed by atoms with van der Waals surface area (Å²) in [4.78, 5) is 27.8. The number of halogens is 3. The summed E-state index contributed by atoms with van der Waals surface area (Å²) in [6.45, 7) is 4.77. The second kappa shape index (κ2) is 14.1. The van der Waals surface area contributed by atoms with E-state index in [0.29, 0.717) is 34.3 Å². The molecule has 0 saturated carbocycles. The molecule has 0 bridgehead atoms. The van der Waals surface area contributed by atoms with Crippen molar-refractivity contribution in [3.8, 4) is 0 Å². The van der Waals surface area contributed by atoms with Crippen molar-refractivity contribution in [2.75, 3.05) is 12.3 Å². The number of thioether (sulfide) groups is 1. The number of amides is 2. The van der Waals surface area contributed by atoms with Gasteiger partial charge in [-0.15, -0.1) is 11.8 Å². The number of carbonyl (C=O) groups is 2. The van der Waals surface area contributed by atoms with Gasteiger partial charge in [-0.05, 0) is 42.7 Å². The molecule has 0 aliphatic rings. The third kappa shape index (κ3) is 8.29. The van der Waals surface area contributed by atoms with E-state index in [1.807, 2.05) is 31.2 Å². The summed E-state index contributed by atoms with van der Waals surface area (Å²) in [5, 5.41) is 3.93. The van der Waals surface area contributed by atoms with Gasteiger partial charge in [0.1, 0.15) is 6.04 Å². The lowest BCUT2D eigenvalue weighted by atomic mass is 10.1. The van der Waals surface area contributed by atoms with Crippen LogP contribution in [0.1, 0.15) is 44.2 Å². The summed E-state index contributed by atoms with van der Waals surface area (Å²) >= 11 is 17.7. The summed E-state index contributed by atoms with van der Waals surface area (Å²) < 4.78 is 1.02. The minimum atomic E-state index is -0.583. The Balaban J connectivity index is 2.16. The van der Waals surface area contributed by atoms with Crippen LogP contribution in [0.3, 0.4) is 0 Å². The van der Waals surface area contributed by atoms with Gasteiger partial charge in [0, 0.05) is 38.9 Å². The fourth-order valence-electron chi connectivity index (χ4n) is 3.20. The SMILES string of the molecule is CCCCNC(=O)[C@@H](CC)N(Cc1c(Cl)cccc1Cl)C(=O)CSCc1ccc(Br)cc1. The monoisotopic (exact) mass is 558 g/mol. The molecule has 174 valence electrons. The molecule has 0 heterocycles. The first-order chi connectivity index (χ1) is 15.4. The molecule has 0 aromatic heterocycles. The number of carbonyl (C=O) groups excluding carboxylic acids is 2. The molecule has 1 atom stereocenters. The fraction of sp³-hybridized carbons (Fsp3) is 0.417. The molecule has 2 rings (SSSR count). The molecular weight excluding hydrogens is 531 g/mol. The highest BCUT2D eigenvalue weighted by molar-refractivity contribution is 9.10. The molecule has 1 N–H and O–H groups in total. The Morgan fingerprint density at radius 2 is 1.75 bits per heavy atom. The average molecular weight is 560 g/mol. The zero-order valence-corrected chi connectivity index (χ0v) is 22.3. The van der Waals surface area contributed by atoms with Gasteiger partial charge in [-0.1, -0.05) is 77.6 Å². The Morgan fingerprint density at radius 1 is 1.09 bits per heavy atom. The van der Waals surface area contributed by atoms with Crippen LogP contribution in [-0.4, -0.2) is 35.1 Å². The van der Waals surface area contributed by atoms with E-state index >= 15 is 0 Å². The van der Waals surface area contributed by atoms with Crippen molar-refractivity contribution in [2.45, 2.75) is 51.4 Å². The van der Waals surface area contributed by atoms with E-state index in [2.05, 4.69) is 28.2 Å². The Labute approximate surface area is 213 Å². The minimum absolute atomic E-state index is 0.111. The summed E-state index contributed by atoms with van der Waals surface area (Å²) in [5.41, 5.74) is 1.79. The van der Waals surface area contributed by atoms with Crippen LogP contribution in [0, 0.1) is 0 Å². The molecule has 0 fully saturated rings. The standard InChI is InChI=1S/C24H29BrCl2N2O2S/c1-3-5-13-28-24(31)22(4-2)29(14-19-20(26)7-6-8-21(19)27)23(30)16-32-15-17-9-11-18(25)12-10-17/h6-12,22H,3-5,13-16H2,1-2H3,(H,28,31)/t22-/m1/s1. The predicted octanol–water partition coefficient (Wildman–Crippen LogP) is 6.71. The van der Waals surface area contributed by atoms with Crippen molar-refractivity contribution in [1.29, 1.82) is 0 Å². The van der Waals surface area contributed by atoms with Crippen molar-refractivity contribution in [2.24, 2.45) is 0 Å². The van der Waals surface area contributed by atoms with Crippen LogP contribution in [0.4, 0.5) is 0 Å². The maximum absolute atomic E-state index is 13.3. The highest BCUT2D eigenvalue weighted by Crippen LogP contribution is 2.27. The number of nitrogens with zero attached hydrogens (tertiary/aromatic N) is 1. The lowest BCUT2D eigenvalue weighted by Gasteiger charge is -2.31. The third-order valence-electron chi connectivity index (χ3n) is 5.01. The molecule has 0 saturated heterocycles. The molecule has 0 unspecified atom stereocenters. The largest absolute Gasteiger partial charge is 0.354 e. The third-order valence-corrected chi connectivity index (χ3v) is 7.24. The van der Waals surface area contributed by atoms with E-state index in [1.165, 1.54) is 11.8 Å². The normalized spacial score (nSPS) is 11.8. The molecule has 32 heavy (non-hydrogen) atoms. The van der Waals surface area contributed by atoms with Gasteiger partial charge in [-0.25, -0.2) is 0 Å². The van der Waals surface area contributed by atoms with Gasteiger partial charge in [0.25, 0.3) is 0 Å². The van der Waals surface area contributed by atoms with Gasteiger partial charge >= 0.3 is 0 Å². The van der Waals surface area contributed by atoms with E-state index in [-0.39, 0.29) is 24.1 Å². The second-order valence-electron chi connectivity index (χ2n) is 7.41. The molecule has 4 nitrogen and oxygen atoms in total. The van der Waals surface area contributed by atoms with Crippen molar-refractivity contribution in [3.63, 3.8) is 0 Å². The number of benzene rings is 2. The van der Waals surface area contributed by atoms with Crippen LogP contribution in [0.25, 0.3) is 0 Å². The summed E-state index contributed by atoms with van der Waals surface area (Å²) in [5.74, 6) is 0.715. The minimum Gasteiger partial charge on any atom is -0.354 e. The van der Waals surface area contributed by atoms with E-state index in [0.717, 1.165) is 22.9 Å². The summed E-state index contributed by atoms with van der Waals surface area (Å²) in [6.07, 6.45) is 2.39. The Bertz CT molecular complexity index is 876. The lowest BCUT2D eigenvalue weighted by molar-refractivity contribution is -0.139. The smallest absolute Gasteiger partial charge is 0.242 e. The van der Waals surface area contributed by atoms with Gasteiger partial charge in [-0.2, -0.15) is 0 Å². The number of rotatable bonds is 12. The lowest BCUT2D eigenvalue weighted by Crippen LogP contribution is -2.49. The van der Waals surface area contributed by atoms with Crippen LogP contribution in [-0.2, 0) is 21.9 Å². The van der Waals surface area contributed by atoms with Gasteiger partial charge < -0.3 is 10.2 Å². The molecule has 2 amide bonds. The van der Waals surface area contributed by atoms with Crippen molar-refractivity contribution in [1.82, 2.24) is 10.2 Å². The number of hydrogen-bond acceptors (Lipinski definition) is 3. The van der Waals surface area contributed by atoms with Crippen LogP contribution in [0.2, 0.25) is 10.0 Å². The highest BCUT2D eigenvalue weighted by atomic mass is 79.9. The van der Waals surface area contributed by atoms with Crippen LogP contribution in [0.5, 0.6) is 0 Å². The Morgan fingerprint density at radius 3 is 2.34 bits per heavy atom. The summed E-state index contributed by atoms with van der Waals surface area (Å²) in [6, 6.07) is 12.7. The van der Waals surface area contributed by atoms with Crippen LogP contribution in [0.15, 0.2) is 46.9 Å². The zero-order valence-electron chi connectivity index (χ0n) is 18.4. The Kier molecular flexibility index (Phi) is 11.9. The average Bonchev–Trinajstić information content (AvgIpc) is 2.77. The highest BCUT2D eigenvalue weighted by Gasteiger charge is 2.29. The molecule has 0 aliphatic heterocycles. The summed E-state index contributed by atoms with van der Waals surface area (Å²) in [7, 11) is 0. The topological polar surface area (TPSA) is 49.4 Å². The number of unbranched alkanes of at least 4 members (excludes halogenated alkanes) is 1. The molecular formula is C24H29BrCl2N2O2S. The molecule has 2 aromatic carbocycles. The zero-order chi connectivity index (χ0) is 23.5. The first-order valence-electron chi connectivity index (χ1n) is 10.7. The molecule has 2 aromatic rings. The van der Waals surface area contributed by atoms with Gasteiger partial charge in [-0.3, -0.25) is 9.59 Å². The van der Waals surface area contributed by atoms with E-state index in [9.17, 15) is 9.59 Å². The van der Waals surface area contributed by atoms with E-state index in [1.54, 1.807) is 23.1 Å². The van der Waals surface area contributed by atoms with Crippen LogP contribution >= 0.6 is 50.9 Å². The van der Waals surface area contributed by atoms with Gasteiger partial charge in [0.05, 0.1) is 5.75 Å². The van der Waals surface area contributed by atoms with Gasteiger partial charge in [0.15, 0.2) is 0 Å². The predicted molar refractivity (Wildman–Crippen MR) is 139 cm³/mol. The van der Waals surface area contributed by atoms with E-state index in [4.69, 9.17) is 23.2 Å². The molecule has 8 heteroatoms.